The molecule has 4 heterocycles. The molecule has 2 aromatic heterocycles. The van der Waals surface area contributed by atoms with E-state index in [0.717, 1.165) is 87.9 Å². The zero-order valence-corrected chi connectivity index (χ0v) is 28.9. The molecule has 0 bridgehead atoms. The highest BCUT2D eigenvalue weighted by molar-refractivity contribution is 6.12. The summed E-state index contributed by atoms with van der Waals surface area (Å²) in [6.07, 6.45) is 9.53. The third-order valence-corrected chi connectivity index (χ3v) is 10.2. The number of fused-ring (bicyclic) bond motifs is 1. The largest absolute Gasteiger partial charge is 0.496 e. The first-order valence-corrected chi connectivity index (χ1v) is 17.7. The van der Waals surface area contributed by atoms with E-state index >= 15 is 0 Å². The number of hydrogen-bond acceptors (Lipinski definition) is 10. The van der Waals surface area contributed by atoms with Crippen LogP contribution in [0.15, 0.2) is 36.4 Å². The van der Waals surface area contributed by atoms with Gasteiger partial charge >= 0.3 is 6.01 Å². The Morgan fingerprint density at radius 1 is 1.04 bits per heavy atom. The van der Waals surface area contributed by atoms with Crippen LogP contribution in [-0.4, -0.2) is 81.4 Å². The van der Waals surface area contributed by atoms with Crippen molar-refractivity contribution in [2.45, 2.75) is 77.4 Å². The highest BCUT2D eigenvalue weighted by Gasteiger charge is 2.32. The van der Waals surface area contributed by atoms with E-state index in [0.29, 0.717) is 36.4 Å². The number of hydrogen-bond donors (Lipinski definition) is 2. The normalized spacial score (nSPS) is 20.0. The van der Waals surface area contributed by atoms with Crippen molar-refractivity contribution in [1.82, 2.24) is 29.7 Å². The van der Waals surface area contributed by atoms with Crippen LogP contribution < -0.4 is 20.5 Å². The Kier molecular flexibility index (Phi) is 11.0. The van der Waals surface area contributed by atoms with Crippen LogP contribution >= 0.6 is 0 Å². The molecule has 2 aliphatic heterocycles. The molecule has 0 spiro atoms. The lowest BCUT2D eigenvalue weighted by atomic mass is 9.81. The highest BCUT2D eigenvalue weighted by atomic mass is 16.5. The molecular weight excluding hydrogens is 636 g/mol. The summed E-state index contributed by atoms with van der Waals surface area (Å²) >= 11 is 0. The number of carbonyl (C=O) groups is 3. The van der Waals surface area contributed by atoms with E-state index in [9.17, 15) is 19.6 Å². The Bertz CT molecular complexity index is 1780. The van der Waals surface area contributed by atoms with Gasteiger partial charge < -0.3 is 25.1 Å². The minimum atomic E-state index is -0.237. The van der Waals surface area contributed by atoms with Gasteiger partial charge in [0, 0.05) is 55.9 Å². The number of carbonyl (C=O) groups excluding carboxylic acids is 3. The van der Waals surface area contributed by atoms with Crippen molar-refractivity contribution in [1.29, 1.82) is 5.26 Å². The summed E-state index contributed by atoms with van der Waals surface area (Å²) in [5.41, 5.74) is 9.22. The van der Waals surface area contributed by atoms with E-state index in [2.05, 4.69) is 39.2 Å². The third kappa shape index (κ3) is 7.91. The van der Waals surface area contributed by atoms with Crippen molar-refractivity contribution in [2.75, 3.05) is 39.1 Å². The lowest BCUT2D eigenvalue weighted by molar-refractivity contribution is -0.138. The number of nitrogen functional groups attached to an aromatic ring is 1. The molecular formula is C37H46N8O5. The van der Waals surface area contributed by atoms with Gasteiger partial charge in [-0.05, 0) is 68.6 Å². The number of piperidine rings is 1. The number of nitrogens with zero attached hydrogens (tertiary/aromatic N) is 6. The van der Waals surface area contributed by atoms with E-state index in [1.807, 2.05) is 16.7 Å². The van der Waals surface area contributed by atoms with E-state index in [-0.39, 0.29) is 47.4 Å². The smallest absolute Gasteiger partial charge is 0.320 e. The van der Waals surface area contributed by atoms with Gasteiger partial charge in [-0.25, -0.2) is 0 Å². The number of ether oxygens (including phenoxy) is 2. The van der Waals surface area contributed by atoms with E-state index in [1.165, 1.54) is 17.1 Å². The number of anilines is 1. The van der Waals surface area contributed by atoms with Crippen LogP contribution in [0.25, 0.3) is 11.0 Å². The number of unbranched alkanes of at least 4 members (excludes halogenated alkanes) is 1. The van der Waals surface area contributed by atoms with Gasteiger partial charge in [0.2, 0.25) is 5.91 Å². The summed E-state index contributed by atoms with van der Waals surface area (Å²) in [7, 11) is 1.65. The molecule has 13 nitrogen and oxygen atoms in total. The molecule has 1 saturated carbocycles. The monoisotopic (exact) mass is 682 g/mol. The van der Waals surface area contributed by atoms with Crippen LogP contribution in [0, 0.1) is 23.2 Å². The van der Waals surface area contributed by atoms with Gasteiger partial charge in [-0.1, -0.05) is 25.5 Å². The molecule has 50 heavy (non-hydrogen) atoms. The Labute approximate surface area is 292 Å². The fourth-order valence-corrected chi connectivity index (χ4v) is 7.23. The average molecular weight is 683 g/mol. The average Bonchev–Trinajstić information content (AvgIpc) is 3.64. The number of methoxy groups -OCH3 is 1. The van der Waals surface area contributed by atoms with Crippen LogP contribution in [-0.2, 0) is 27.5 Å². The van der Waals surface area contributed by atoms with Crippen molar-refractivity contribution < 1.29 is 23.9 Å². The predicted octanol–water partition coefficient (Wildman–Crippen LogP) is 3.93. The lowest BCUT2D eigenvalue weighted by Crippen LogP contribution is -2.46. The van der Waals surface area contributed by atoms with Crippen molar-refractivity contribution in [2.24, 2.45) is 11.8 Å². The van der Waals surface area contributed by atoms with E-state index in [1.54, 1.807) is 13.2 Å². The van der Waals surface area contributed by atoms with Gasteiger partial charge in [-0.3, -0.25) is 24.2 Å². The maximum Gasteiger partial charge on any atom is 0.320 e. The fourth-order valence-electron chi connectivity index (χ4n) is 7.23. The summed E-state index contributed by atoms with van der Waals surface area (Å²) in [6, 6.07) is 10.5. The van der Waals surface area contributed by atoms with Gasteiger partial charge in [-0.2, -0.15) is 15.2 Å². The standard InChI is InChI=1S/C37H46N8O5/c1-3-4-17-50-37-41-34(39)30-19-29(20-38)44(35(30)42-37)23-27-10-7-25(18-31(27)49-2)21-43-15-13-28(14-16-43)40-36(48)26-8-5-24(6-9-26)22-45-32(46)11-12-33(45)47/h7,10-12,18-19,24,26,28H,3-6,8-9,13-17,21-23H2,1-2H3,(H,40,48)(H2,39,41,42). The van der Waals surface area contributed by atoms with Crippen LogP contribution in [0.3, 0.4) is 0 Å². The molecule has 6 rings (SSSR count). The minimum absolute atomic E-state index is 0.0156. The molecule has 1 aliphatic carbocycles. The predicted molar refractivity (Wildman–Crippen MR) is 187 cm³/mol. The number of likely N-dealkylation sites (tertiary alicyclic amines) is 1. The van der Waals surface area contributed by atoms with Crippen LogP contribution in [0.1, 0.15) is 75.1 Å². The SMILES string of the molecule is CCCCOc1nc(N)c2cc(C#N)n(Cc3ccc(CN4CCC(NC(=O)C5CCC(CN6C(=O)C=CC6=O)CC5)CC4)cc3OC)c2n1. The quantitative estimate of drug-likeness (QED) is 0.199. The van der Waals surface area contributed by atoms with Crippen molar-refractivity contribution in [3.63, 3.8) is 0 Å². The zero-order chi connectivity index (χ0) is 35.2. The molecule has 3 aromatic rings. The molecule has 3 aliphatic rings. The first-order chi connectivity index (χ1) is 24.3. The number of nitrogens with two attached hydrogens (primary N) is 1. The topological polar surface area (TPSA) is 169 Å². The summed E-state index contributed by atoms with van der Waals surface area (Å²) in [6.45, 7) is 5.89. The van der Waals surface area contributed by atoms with Gasteiger partial charge in [-0.15, -0.1) is 0 Å². The zero-order valence-electron chi connectivity index (χ0n) is 28.9. The second kappa shape index (κ2) is 15.7. The Morgan fingerprint density at radius 3 is 2.46 bits per heavy atom. The molecule has 0 radical (unpaired) electrons. The Morgan fingerprint density at radius 2 is 1.78 bits per heavy atom. The summed E-state index contributed by atoms with van der Waals surface area (Å²) in [5.74, 6) is 0.888. The molecule has 13 heteroatoms. The molecule has 2 fully saturated rings. The Balaban J connectivity index is 1.01. The molecule has 0 unspecified atom stereocenters. The highest BCUT2D eigenvalue weighted by Crippen LogP contribution is 2.31. The maximum atomic E-state index is 13.1. The first kappa shape index (κ1) is 34.9. The summed E-state index contributed by atoms with van der Waals surface area (Å²) in [4.78, 5) is 49.5. The van der Waals surface area contributed by atoms with Gasteiger partial charge in [0.25, 0.3) is 11.8 Å². The van der Waals surface area contributed by atoms with Crippen molar-refractivity contribution >= 4 is 34.6 Å². The first-order valence-electron chi connectivity index (χ1n) is 17.7. The van der Waals surface area contributed by atoms with Gasteiger partial charge in [0.1, 0.15) is 23.3 Å². The second-order valence-electron chi connectivity index (χ2n) is 13.6. The van der Waals surface area contributed by atoms with E-state index < -0.39 is 0 Å². The molecule has 1 saturated heterocycles. The number of aromatic nitrogens is 3. The van der Waals surface area contributed by atoms with E-state index in [4.69, 9.17) is 15.2 Å². The van der Waals surface area contributed by atoms with Gasteiger partial charge in [0.05, 0.1) is 25.6 Å². The fraction of sp³-hybridized carbons (Fsp3) is 0.514. The second-order valence-corrected chi connectivity index (χ2v) is 13.6. The summed E-state index contributed by atoms with van der Waals surface area (Å²) in [5, 5.41) is 13.8. The third-order valence-electron chi connectivity index (χ3n) is 10.2. The molecule has 264 valence electrons. The number of nitriles is 1. The summed E-state index contributed by atoms with van der Waals surface area (Å²) < 4.78 is 13.4. The van der Waals surface area contributed by atoms with Crippen molar-refractivity contribution in [3.8, 4) is 17.8 Å². The van der Waals surface area contributed by atoms with Gasteiger partial charge in [0.15, 0.2) is 5.65 Å². The number of imide groups is 1. The Hall–Kier alpha value is -4.96. The molecule has 1 aromatic carbocycles. The van der Waals surface area contributed by atoms with Crippen LogP contribution in [0.4, 0.5) is 5.82 Å². The van der Waals surface area contributed by atoms with Crippen LogP contribution in [0.2, 0.25) is 0 Å². The van der Waals surface area contributed by atoms with Crippen LogP contribution in [0.5, 0.6) is 11.8 Å². The minimum Gasteiger partial charge on any atom is -0.496 e. The van der Waals surface area contributed by atoms with Crippen molar-refractivity contribution in [3.05, 3.63) is 53.2 Å². The lowest BCUT2D eigenvalue weighted by Gasteiger charge is -2.34. The number of rotatable bonds is 13. The number of nitrogens with one attached hydrogen (secondary N) is 1. The number of benzene rings is 1. The molecule has 0 atom stereocenters. The molecule has 3 N–H and O–H groups in total. The maximum absolute atomic E-state index is 13.1. The molecule has 3 amide bonds. The number of amides is 3.